The Hall–Kier alpha value is -1.62. The first kappa shape index (κ1) is 13.8. The Bertz CT molecular complexity index is 457. The number of hydrogen-bond donors (Lipinski definition) is 3. The van der Waals surface area contributed by atoms with Crippen molar-refractivity contribution in [2.24, 2.45) is 0 Å². The Balaban J connectivity index is 2.06. The largest absolute Gasteiger partial charge is 0.393 e. The number of nitrogens with one attached hydrogen (secondary N) is 2. The summed E-state index contributed by atoms with van der Waals surface area (Å²) in [6, 6.07) is 4.50. The number of aliphatic hydroxyl groups excluding tert-OH is 1. The van der Waals surface area contributed by atoms with E-state index in [-0.39, 0.29) is 23.7 Å². The first-order valence-electron chi connectivity index (χ1n) is 6.57. The van der Waals surface area contributed by atoms with E-state index in [1.54, 1.807) is 13.1 Å². The second-order valence-electron chi connectivity index (χ2n) is 4.89. The van der Waals surface area contributed by atoms with E-state index >= 15 is 0 Å². The van der Waals surface area contributed by atoms with Gasteiger partial charge in [-0.2, -0.15) is 0 Å². The molecule has 0 radical (unpaired) electrons. The number of rotatable bonds is 3. The van der Waals surface area contributed by atoms with Crippen molar-refractivity contribution >= 4 is 11.6 Å². The molecule has 0 saturated heterocycles. The molecule has 0 spiro atoms. The first-order valence-corrected chi connectivity index (χ1v) is 6.57. The summed E-state index contributed by atoms with van der Waals surface area (Å²) in [6.07, 6.45) is 2.67. The fourth-order valence-electron chi connectivity index (χ4n) is 2.45. The van der Waals surface area contributed by atoms with Gasteiger partial charge >= 0.3 is 0 Å². The van der Waals surface area contributed by atoms with Crippen molar-refractivity contribution < 1.29 is 14.3 Å². The van der Waals surface area contributed by atoms with Gasteiger partial charge in [-0.25, -0.2) is 4.39 Å². The van der Waals surface area contributed by atoms with Crippen LogP contribution >= 0.6 is 0 Å². The van der Waals surface area contributed by atoms with Crippen LogP contribution in [0, 0.1) is 5.82 Å². The van der Waals surface area contributed by atoms with Gasteiger partial charge < -0.3 is 15.7 Å². The van der Waals surface area contributed by atoms with Gasteiger partial charge in [0, 0.05) is 13.1 Å². The molecule has 0 aliphatic heterocycles. The number of carbonyl (C=O) groups excluding carboxylic acids is 1. The summed E-state index contributed by atoms with van der Waals surface area (Å²) >= 11 is 0. The molecule has 4 nitrogen and oxygen atoms in total. The molecule has 104 valence electrons. The number of hydrogen-bond acceptors (Lipinski definition) is 3. The number of carbonyl (C=O) groups is 1. The lowest BCUT2D eigenvalue weighted by Crippen LogP contribution is -2.38. The van der Waals surface area contributed by atoms with Gasteiger partial charge in [0.15, 0.2) is 0 Å². The monoisotopic (exact) mass is 266 g/mol. The molecule has 2 rings (SSSR count). The summed E-state index contributed by atoms with van der Waals surface area (Å²) in [5, 5.41) is 15.0. The van der Waals surface area contributed by atoms with Crippen LogP contribution in [0.25, 0.3) is 0 Å². The lowest BCUT2D eigenvalue weighted by molar-refractivity contribution is 0.0868. The number of amides is 1. The topological polar surface area (TPSA) is 61.4 Å². The minimum atomic E-state index is -0.436. The molecule has 0 bridgehead atoms. The molecular weight excluding hydrogens is 247 g/mol. The first-order chi connectivity index (χ1) is 9.11. The van der Waals surface area contributed by atoms with E-state index in [9.17, 15) is 14.3 Å². The molecule has 5 heteroatoms. The van der Waals surface area contributed by atoms with E-state index in [0.29, 0.717) is 18.4 Å². The maximum Gasteiger partial charge on any atom is 0.253 e. The van der Waals surface area contributed by atoms with Crippen LogP contribution in [0.5, 0.6) is 0 Å². The standard InChI is InChI=1S/C14H19FN2O2/c1-16-13-11(3-2-4-12(13)15)14(19)17-9-5-7-10(18)8-6-9/h2-4,9-10,16,18H,5-8H2,1H3,(H,17,19). The van der Waals surface area contributed by atoms with E-state index in [0.717, 1.165) is 12.8 Å². The molecule has 19 heavy (non-hydrogen) atoms. The van der Waals surface area contributed by atoms with Crippen molar-refractivity contribution in [2.45, 2.75) is 37.8 Å². The van der Waals surface area contributed by atoms with Crippen molar-refractivity contribution in [2.75, 3.05) is 12.4 Å². The predicted octanol–water partition coefficient (Wildman–Crippen LogP) is 1.90. The van der Waals surface area contributed by atoms with Crippen molar-refractivity contribution in [3.63, 3.8) is 0 Å². The van der Waals surface area contributed by atoms with Gasteiger partial charge in [-0.05, 0) is 37.8 Å². The Morgan fingerprint density at radius 3 is 2.63 bits per heavy atom. The summed E-state index contributed by atoms with van der Waals surface area (Å²) in [4.78, 5) is 12.1. The van der Waals surface area contributed by atoms with Crippen LogP contribution < -0.4 is 10.6 Å². The lowest BCUT2D eigenvalue weighted by Gasteiger charge is -2.26. The average molecular weight is 266 g/mol. The molecule has 0 atom stereocenters. The number of halogens is 1. The van der Waals surface area contributed by atoms with Crippen LogP contribution in [0.15, 0.2) is 18.2 Å². The molecular formula is C14H19FN2O2. The van der Waals surface area contributed by atoms with E-state index in [4.69, 9.17) is 0 Å². The quantitative estimate of drug-likeness (QED) is 0.783. The van der Waals surface area contributed by atoms with E-state index in [1.165, 1.54) is 12.1 Å². The molecule has 1 aromatic carbocycles. The Morgan fingerprint density at radius 2 is 2.00 bits per heavy atom. The lowest BCUT2D eigenvalue weighted by atomic mass is 9.93. The number of anilines is 1. The van der Waals surface area contributed by atoms with Crippen LogP contribution in [0.3, 0.4) is 0 Å². The summed E-state index contributed by atoms with van der Waals surface area (Å²) in [5.74, 6) is -0.709. The average Bonchev–Trinajstić information content (AvgIpc) is 2.41. The second kappa shape index (κ2) is 6.02. The minimum absolute atomic E-state index is 0.0591. The highest BCUT2D eigenvalue weighted by Crippen LogP contribution is 2.22. The molecule has 1 fully saturated rings. The molecule has 1 aromatic rings. The summed E-state index contributed by atoms with van der Waals surface area (Å²) < 4.78 is 13.6. The minimum Gasteiger partial charge on any atom is -0.393 e. The van der Waals surface area contributed by atoms with Crippen molar-refractivity contribution in [1.29, 1.82) is 0 Å². The number of aliphatic hydroxyl groups is 1. The molecule has 1 saturated carbocycles. The summed E-state index contributed by atoms with van der Waals surface area (Å²) in [6.45, 7) is 0. The van der Waals surface area contributed by atoms with Gasteiger partial charge in [-0.15, -0.1) is 0 Å². The van der Waals surface area contributed by atoms with Crippen LogP contribution in [-0.4, -0.2) is 30.2 Å². The van der Waals surface area contributed by atoms with Gasteiger partial charge in [-0.1, -0.05) is 6.07 Å². The number of para-hydroxylation sites is 1. The molecule has 0 heterocycles. The zero-order valence-corrected chi connectivity index (χ0v) is 10.9. The Kier molecular flexibility index (Phi) is 4.37. The van der Waals surface area contributed by atoms with Gasteiger partial charge in [0.05, 0.1) is 17.4 Å². The SMILES string of the molecule is CNc1c(F)cccc1C(=O)NC1CCC(O)CC1. The molecule has 1 aliphatic carbocycles. The van der Waals surface area contributed by atoms with Gasteiger partial charge in [0.2, 0.25) is 0 Å². The molecule has 1 amide bonds. The highest BCUT2D eigenvalue weighted by molar-refractivity contribution is 5.99. The zero-order chi connectivity index (χ0) is 13.8. The Labute approximate surface area is 112 Å². The summed E-state index contributed by atoms with van der Waals surface area (Å²) in [7, 11) is 1.59. The van der Waals surface area contributed by atoms with E-state index < -0.39 is 5.82 Å². The third-order valence-electron chi connectivity index (χ3n) is 3.54. The Morgan fingerprint density at radius 1 is 1.32 bits per heavy atom. The summed E-state index contributed by atoms with van der Waals surface area (Å²) in [5.41, 5.74) is 0.532. The second-order valence-corrected chi connectivity index (χ2v) is 4.89. The van der Waals surface area contributed by atoms with Crippen LogP contribution in [-0.2, 0) is 0 Å². The smallest absolute Gasteiger partial charge is 0.253 e. The predicted molar refractivity (Wildman–Crippen MR) is 71.7 cm³/mol. The molecule has 3 N–H and O–H groups in total. The van der Waals surface area contributed by atoms with Crippen LogP contribution in [0.1, 0.15) is 36.0 Å². The van der Waals surface area contributed by atoms with Gasteiger partial charge in [-0.3, -0.25) is 4.79 Å². The molecule has 1 aliphatic rings. The fourth-order valence-corrected chi connectivity index (χ4v) is 2.45. The zero-order valence-electron chi connectivity index (χ0n) is 10.9. The molecule has 0 unspecified atom stereocenters. The van der Waals surface area contributed by atoms with Gasteiger partial charge in [0.25, 0.3) is 5.91 Å². The van der Waals surface area contributed by atoms with Crippen LogP contribution in [0.4, 0.5) is 10.1 Å². The third-order valence-corrected chi connectivity index (χ3v) is 3.54. The van der Waals surface area contributed by atoms with Crippen molar-refractivity contribution in [3.05, 3.63) is 29.6 Å². The molecule has 0 aromatic heterocycles. The maximum atomic E-state index is 13.6. The van der Waals surface area contributed by atoms with E-state index in [1.807, 2.05) is 0 Å². The van der Waals surface area contributed by atoms with Crippen LogP contribution in [0.2, 0.25) is 0 Å². The number of benzene rings is 1. The highest BCUT2D eigenvalue weighted by Gasteiger charge is 2.22. The maximum absolute atomic E-state index is 13.6. The van der Waals surface area contributed by atoms with Crippen molar-refractivity contribution in [3.8, 4) is 0 Å². The van der Waals surface area contributed by atoms with E-state index in [2.05, 4.69) is 10.6 Å². The fraction of sp³-hybridized carbons (Fsp3) is 0.500. The highest BCUT2D eigenvalue weighted by atomic mass is 19.1. The van der Waals surface area contributed by atoms with Crippen molar-refractivity contribution in [1.82, 2.24) is 5.32 Å². The van der Waals surface area contributed by atoms with Gasteiger partial charge in [0.1, 0.15) is 5.82 Å². The normalized spacial score (nSPS) is 22.9. The third kappa shape index (κ3) is 3.23.